The van der Waals surface area contributed by atoms with Crippen molar-refractivity contribution >= 4 is 0 Å². The molecular weight excluding hydrogens is 388 g/mol. The van der Waals surface area contributed by atoms with Crippen LogP contribution in [0.3, 0.4) is 0 Å². The van der Waals surface area contributed by atoms with Crippen molar-refractivity contribution < 1.29 is 5.11 Å². The van der Waals surface area contributed by atoms with Gasteiger partial charge in [-0.05, 0) is 122 Å². The summed E-state index contributed by atoms with van der Waals surface area (Å²) in [7, 11) is 0. The molecule has 0 amide bonds. The Morgan fingerprint density at radius 1 is 0.812 bits per heavy atom. The molecule has 32 heavy (non-hydrogen) atoms. The highest BCUT2D eigenvalue weighted by Crippen LogP contribution is 2.70. The van der Waals surface area contributed by atoms with Crippen LogP contribution in [-0.4, -0.2) is 11.2 Å². The van der Waals surface area contributed by atoms with Crippen LogP contribution in [0.15, 0.2) is 30.3 Å². The van der Waals surface area contributed by atoms with Gasteiger partial charge >= 0.3 is 0 Å². The van der Waals surface area contributed by atoms with Crippen molar-refractivity contribution in [3.63, 3.8) is 0 Å². The van der Waals surface area contributed by atoms with Crippen molar-refractivity contribution in [3.8, 4) is 0 Å². The number of rotatable bonds is 4. The summed E-state index contributed by atoms with van der Waals surface area (Å²) in [5, 5.41) is 10.8. The Morgan fingerprint density at radius 2 is 1.44 bits per heavy atom. The van der Waals surface area contributed by atoms with Gasteiger partial charge in [0.05, 0.1) is 6.10 Å². The number of aryl methyl sites for hydroxylation is 1. The van der Waals surface area contributed by atoms with E-state index in [9.17, 15) is 5.11 Å². The van der Waals surface area contributed by atoms with E-state index in [2.05, 4.69) is 65.0 Å². The SMILES string of the molecule is CC(CCc1ccccc1)[C@H]1CC[C@]2(C)[C@@H]1CC[C@H]1[C@H]2CC[C@H]2C(C)(C)[C@@H](O)CC[C@]12C. The Bertz CT molecular complexity index is 798. The minimum Gasteiger partial charge on any atom is -0.393 e. The fraction of sp³-hybridized carbons (Fsp3) is 0.806. The lowest BCUT2D eigenvalue weighted by atomic mass is 9.40. The summed E-state index contributed by atoms with van der Waals surface area (Å²) >= 11 is 0. The largest absolute Gasteiger partial charge is 0.393 e. The molecule has 1 nitrogen and oxygen atoms in total. The predicted molar refractivity (Wildman–Crippen MR) is 134 cm³/mol. The monoisotopic (exact) mass is 436 g/mol. The molecule has 5 rings (SSSR count). The van der Waals surface area contributed by atoms with Crippen molar-refractivity contribution in [2.45, 2.75) is 105 Å². The van der Waals surface area contributed by atoms with Gasteiger partial charge in [-0.15, -0.1) is 0 Å². The standard InChI is InChI=1S/C31H48O/c1-21(11-12-22-9-7-6-8-10-22)23-17-19-30(4)24(23)13-14-26-25(30)15-16-27-29(2,3)28(32)18-20-31(26,27)5/h6-10,21,23-28,32H,11-20H2,1-5H3/t21?,23-,24-,25-,26+,27+,28+,30-,31-/m1/s1. The smallest absolute Gasteiger partial charge is 0.0594 e. The zero-order valence-electron chi connectivity index (χ0n) is 21.4. The highest BCUT2D eigenvalue weighted by atomic mass is 16.3. The molecule has 1 aromatic carbocycles. The van der Waals surface area contributed by atoms with Crippen molar-refractivity contribution in [2.75, 3.05) is 0 Å². The minimum absolute atomic E-state index is 0.0832. The van der Waals surface area contributed by atoms with Crippen LogP contribution in [0.25, 0.3) is 0 Å². The zero-order valence-corrected chi connectivity index (χ0v) is 21.4. The summed E-state index contributed by atoms with van der Waals surface area (Å²) in [4.78, 5) is 0. The average Bonchev–Trinajstić information content (AvgIpc) is 3.13. The molecule has 1 unspecified atom stereocenters. The van der Waals surface area contributed by atoms with E-state index in [1.54, 1.807) is 0 Å². The number of hydrogen-bond donors (Lipinski definition) is 1. The first-order chi connectivity index (χ1) is 15.2. The molecule has 4 aliphatic carbocycles. The minimum atomic E-state index is -0.106. The first-order valence-electron chi connectivity index (χ1n) is 13.9. The summed E-state index contributed by atoms with van der Waals surface area (Å²) in [6.07, 6.45) is 13.4. The maximum atomic E-state index is 10.8. The van der Waals surface area contributed by atoms with Crippen LogP contribution in [0.1, 0.15) is 98.0 Å². The molecule has 4 saturated carbocycles. The second kappa shape index (κ2) is 8.14. The molecule has 4 fully saturated rings. The van der Waals surface area contributed by atoms with Crippen LogP contribution in [0.5, 0.6) is 0 Å². The zero-order chi connectivity index (χ0) is 22.7. The van der Waals surface area contributed by atoms with Crippen molar-refractivity contribution in [3.05, 3.63) is 35.9 Å². The molecule has 0 radical (unpaired) electrons. The van der Waals surface area contributed by atoms with Gasteiger partial charge in [0.15, 0.2) is 0 Å². The Hall–Kier alpha value is -0.820. The van der Waals surface area contributed by atoms with E-state index in [4.69, 9.17) is 0 Å². The van der Waals surface area contributed by atoms with E-state index in [1.165, 1.54) is 63.4 Å². The molecule has 1 aromatic rings. The Balaban J connectivity index is 1.32. The van der Waals surface area contributed by atoms with Gasteiger partial charge in [0.1, 0.15) is 0 Å². The first-order valence-corrected chi connectivity index (χ1v) is 13.9. The summed E-state index contributed by atoms with van der Waals surface area (Å²) in [6, 6.07) is 11.1. The lowest BCUT2D eigenvalue weighted by Crippen LogP contribution is -2.59. The van der Waals surface area contributed by atoms with Gasteiger partial charge in [-0.1, -0.05) is 65.0 Å². The topological polar surface area (TPSA) is 20.2 Å². The third-order valence-electron chi connectivity index (χ3n) is 12.1. The number of benzene rings is 1. The van der Waals surface area contributed by atoms with E-state index in [1.807, 2.05) is 0 Å². The quantitative estimate of drug-likeness (QED) is 0.508. The molecule has 178 valence electrons. The van der Waals surface area contributed by atoms with E-state index < -0.39 is 0 Å². The van der Waals surface area contributed by atoms with Gasteiger partial charge in [-0.3, -0.25) is 0 Å². The predicted octanol–water partition coefficient (Wildman–Crippen LogP) is 7.91. The molecule has 4 aliphatic rings. The van der Waals surface area contributed by atoms with Gasteiger partial charge in [0, 0.05) is 0 Å². The van der Waals surface area contributed by atoms with Gasteiger partial charge in [-0.2, -0.15) is 0 Å². The highest BCUT2D eigenvalue weighted by molar-refractivity contribution is 5.15. The number of hydrogen-bond acceptors (Lipinski definition) is 1. The van der Waals surface area contributed by atoms with E-state index in [0.717, 1.165) is 36.0 Å². The molecule has 1 N–H and O–H groups in total. The molecule has 0 aliphatic heterocycles. The highest BCUT2D eigenvalue weighted by Gasteiger charge is 2.63. The van der Waals surface area contributed by atoms with E-state index in [0.29, 0.717) is 16.7 Å². The number of aliphatic hydroxyl groups is 1. The molecule has 0 saturated heterocycles. The maximum absolute atomic E-state index is 10.8. The maximum Gasteiger partial charge on any atom is 0.0594 e. The fourth-order valence-electron chi connectivity index (χ4n) is 10.2. The van der Waals surface area contributed by atoms with Gasteiger partial charge in [0.25, 0.3) is 0 Å². The Kier molecular flexibility index (Phi) is 5.84. The average molecular weight is 437 g/mol. The van der Waals surface area contributed by atoms with Crippen LogP contribution < -0.4 is 0 Å². The second-order valence-electron chi connectivity index (χ2n) is 13.6. The van der Waals surface area contributed by atoms with Gasteiger partial charge in [-0.25, -0.2) is 0 Å². The summed E-state index contributed by atoms with van der Waals surface area (Å²) in [5.41, 5.74) is 2.59. The van der Waals surface area contributed by atoms with Crippen molar-refractivity contribution in [1.29, 1.82) is 0 Å². The molecule has 9 atom stereocenters. The van der Waals surface area contributed by atoms with E-state index >= 15 is 0 Å². The normalized spacial score (nSPS) is 46.1. The van der Waals surface area contributed by atoms with Crippen molar-refractivity contribution in [1.82, 2.24) is 0 Å². The second-order valence-corrected chi connectivity index (χ2v) is 13.6. The lowest BCUT2D eigenvalue weighted by molar-refractivity contribution is -0.184. The molecule has 0 heterocycles. The summed E-state index contributed by atoms with van der Waals surface area (Å²) in [5.74, 6) is 5.21. The first kappa shape index (κ1) is 22.9. The fourth-order valence-corrected chi connectivity index (χ4v) is 10.2. The lowest BCUT2D eigenvalue weighted by Gasteiger charge is -2.65. The number of aliphatic hydroxyl groups excluding tert-OH is 1. The number of fused-ring (bicyclic) bond motifs is 5. The molecule has 1 heteroatoms. The molecular formula is C31H48O. The Morgan fingerprint density at radius 3 is 2.19 bits per heavy atom. The van der Waals surface area contributed by atoms with Crippen LogP contribution in [0.4, 0.5) is 0 Å². The van der Waals surface area contributed by atoms with Gasteiger partial charge in [0.2, 0.25) is 0 Å². The van der Waals surface area contributed by atoms with Crippen molar-refractivity contribution in [2.24, 2.45) is 51.8 Å². The molecule has 0 spiro atoms. The third-order valence-corrected chi connectivity index (χ3v) is 12.1. The molecule has 0 bridgehead atoms. The van der Waals surface area contributed by atoms with Crippen LogP contribution in [0.2, 0.25) is 0 Å². The summed E-state index contributed by atoms with van der Waals surface area (Å²) < 4.78 is 0. The van der Waals surface area contributed by atoms with Crippen LogP contribution in [0, 0.1) is 51.8 Å². The Labute approximate surface area is 197 Å². The van der Waals surface area contributed by atoms with E-state index in [-0.39, 0.29) is 11.5 Å². The van der Waals surface area contributed by atoms with Crippen LogP contribution >= 0.6 is 0 Å². The van der Waals surface area contributed by atoms with Crippen LogP contribution in [-0.2, 0) is 6.42 Å². The van der Waals surface area contributed by atoms with Gasteiger partial charge < -0.3 is 5.11 Å². The molecule has 0 aromatic heterocycles. The third kappa shape index (κ3) is 3.43. The summed E-state index contributed by atoms with van der Waals surface area (Å²) in [6.45, 7) is 12.7.